The number of para-hydroxylation sites is 1. The first-order valence-corrected chi connectivity index (χ1v) is 6.35. The van der Waals surface area contributed by atoms with Gasteiger partial charge in [0.2, 0.25) is 0 Å². The first kappa shape index (κ1) is 11.1. The predicted octanol–water partition coefficient (Wildman–Crippen LogP) is 3.26. The highest BCUT2D eigenvalue weighted by atomic mass is 16.3. The van der Waals surface area contributed by atoms with E-state index in [4.69, 9.17) is 0 Å². The van der Waals surface area contributed by atoms with Crippen molar-refractivity contribution in [1.82, 2.24) is 0 Å². The average molecular weight is 239 g/mol. The van der Waals surface area contributed by atoms with Crippen molar-refractivity contribution in [3.05, 3.63) is 59.2 Å². The highest BCUT2D eigenvalue weighted by Crippen LogP contribution is 2.29. The van der Waals surface area contributed by atoms with Crippen LogP contribution in [0.3, 0.4) is 0 Å². The van der Waals surface area contributed by atoms with E-state index in [1.165, 1.54) is 16.8 Å². The highest BCUT2D eigenvalue weighted by molar-refractivity contribution is 5.58. The Bertz CT molecular complexity index is 577. The minimum atomic E-state index is 0.345. The maximum absolute atomic E-state index is 9.44. The van der Waals surface area contributed by atoms with Gasteiger partial charge in [-0.25, -0.2) is 0 Å². The molecule has 2 aromatic carbocycles. The van der Waals surface area contributed by atoms with Crippen LogP contribution in [0, 0.1) is 6.92 Å². The molecule has 2 aromatic rings. The number of aryl methyl sites for hydroxylation is 1. The molecule has 0 amide bonds. The Hall–Kier alpha value is -1.96. The molecule has 0 spiro atoms. The lowest BCUT2D eigenvalue weighted by Gasteiger charge is -2.20. The van der Waals surface area contributed by atoms with Crippen molar-refractivity contribution >= 4 is 5.69 Å². The molecule has 0 radical (unpaired) electrons. The summed E-state index contributed by atoms with van der Waals surface area (Å²) in [5.41, 5.74) is 5.22. The number of nitrogens with zero attached hydrogens (tertiary/aromatic N) is 1. The Kier molecular flexibility index (Phi) is 2.71. The quantitative estimate of drug-likeness (QED) is 0.869. The molecule has 0 bridgehead atoms. The summed E-state index contributed by atoms with van der Waals surface area (Å²) < 4.78 is 0. The van der Waals surface area contributed by atoms with Crippen LogP contribution >= 0.6 is 0 Å². The van der Waals surface area contributed by atoms with E-state index in [2.05, 4.69) is 36.1 Å². The van der Waals surface area contributed by atoms with Gasteiger partial charge in [0.1, 0.15) is 5.75 Å². The van der Waals surface area contributed by atoms with E-state index in [-0.39, 0.29) is 0 Å². The molecule has 18 heavy (non-hydrogen) atoms. The number of rotatable bonds is 2. The number of phenols is 1. The van der Waals surface area contributed by atoms with Crippen LogP contribution in [0.1, 0.15) is 16.7 Å². The van der Waals surface area contributed by atoms with Gasteiger partial charge in [-0.05, 0) is 48.2 Å². The van der Waals surface area contributed by atoms with Gasteiger partial charge in [0, 0.05) is 18.8 Å². The fourth-order valence-electron chi connectivity index (χ4n) is 2.63. The first-order valence-electron chi connectivity index (χ1n) is 6.35. The Morgan fingerprint density at radius 3 is 2.83 bits per heavy atom. The maximum Gasteiger partial charge on any atom is 0.115 e. The molecule has 0 unspecified atom stereocenters. The first-order chi connectivity index (χ1) is 8.74. The second kappa shape index (κ2) is 4.37. The van der Waals surface area contributed by atoms with Crippen LogP contribution in [-0.4, -0.2) is 11.7 Å². The SMILES string of the molecule is Cc1cc(O)ccc1CN1CCc2ccccc21. The molecule has 1 N–H and O–H groups in total. The fraction of sp³-hybridized carbons (Fsp3) is 0.250. The summed E-state index contributed by atoms with van der Waals surface area (Å²) in [7, 11) is 0. The Morgan fingerprint density at radius 1 is 1.17 bits per heavy atom. The van der Waals surface area contributed by atoms with Gasteiger partial charge >= 0.3 is 0 Å². The van der Waals surface area contributed by atoms with Crippen LogP contribution in [0.4, 0.5) is 5.69 Å². The molecule has 0 aromatic heterocycles. The van der Waals surface area contributed by atoms with Crippen molar-refractivity contribution < 1.29 is 5.11 Å². The van der Waals surface area contributed by atoms with Gasteiger partial charge in [-0.2, -0.15) is 0 Å². The fourth-order valence-corrected chi connectivity index (χ4v) is 2.63. The van der Waals surface area contributed by atoms with E-state index in [0.29, 0.717) is 5.75 Å². The Labute approximate surface area is 107 Å². The van der Waals surface area contributed by atoms with E-state index >= 15 is 0 Å². The van der Waals surface area contributed by atoms with Crippen LogP contribution in [-0.2, 0) is 13.0 Å². The third-order valence-corrected chi connectivity index (χ3v) is 3.67. The molecular weight excluding hydrogens is 222 g/mol. The van der Waals surface area contributed by atoms with Gasteiger partial charge < -0.3 is 10.0 Å². The predicted molar refractivity (Wildman–Crippen MR) is 74.0 cm³/mol. The van der Waals surface area contributed by atoms with Crippen molar-refractivity contribution in [2.75, 3.05) is 11.4 Å². The van der Waals surface area contributed by atoms with Gasteiger partial charge in [0.25, 0.3) is 0 Å². The Balaban J connectivity index is 1.86. The monoisotopic (exact) mass is 239 g/mol. The topological polar surface area (TPSA) is 23.5 Å². The van der Waals surface area contributed by atoms with Crippen molar-refractivity contribution in [1.29, 1.82) is 0 Å². The average Bonchev–Trinajstić information content (AvgIpc) is 2.76. The molecule has 2 nitrogen and oxygen atoms in total. The lowest BCUT2D eigenvalue weighted by Crippen LogP contribution is -2.20. The molecular formula is C16H17NO. The van der Waals surface area contributed by atoms with E-state index in [1.54, 1.807) is 6.07 Å². The molecule has 2 heteroatoms. The molecule has 1 heterocycles. The number of phenolic OH excluding ortho intramolecular Hbond substituents is 1. The second-order valence-corrected chi connectivity index (χ2v) is 4.91. The number of benzene rings is 2. The standard InChI is InChI=1S/C16H17NO/c1-12-10-15(18)7-6-14(12)11-17-9-8-13-4-2-3-5-16(13)17/h2-7,10,18H,8-9,11H2,1H3. The molecule has 0 saturated heterocycles. The highest BCUT2D eigenvalue weighted by Gasteiger charge is 2.18. The molecule has 0 saturated carbocycles. The van der Waals surface area contributed by atoms with E-state index < -0.39 is 0 Å². The van der Waals surface area contributed by atoms with Crippen molar-refractivity contribution in [3.8, 4) is 5.75 Å². The third-order valence-electron chi connectivity index (χ3n) is 3.67. The molecule has 1 aliphatic heterocycles. The zero-order valence-electron chi connectivity index (χ0n) is 10.6. The molecule has 92 valence electrons. The maximum atomic E-state index is 9.44. The van der Waals surface area contributed by atoms with E-state index in [9.17, 15) is 5.11 Å². The molecule has 0 atom stereocenters. The van der Waals surface area contributed by atoms with Crippen molar-refractivity contribution in [2.24, 2.45) is 0 Å². The number of fused-ring (bicyclic) bond motifs is 1. The van der Waals surface area contributed by atoms with Gasteiger partial charge in [-0.3, -0.25) is 0 Å². The third kappa shape index (κ3) is 1.94. The summed E-state index contributed by atoms with van der Waals surface area (Å²) in [6.45, 7) is 4.06. The van der Waals surface area contributed by atoms with Gasteiger partial charge in [-0.15, -0.1) is 0 Å². The smallest absolute Gasteiger partial charge is 0.115 e. The summed E-state index contributed by atoms with van der Waals surface area (Å²) in [5, 5.41) is 9.44. The van der Waals surface area contributed by atoms with Crippen LogP contribution in [0.15, 0.2) is 42.5 Å². The summed E-state index contributed by atoms with van der Waals surface area (Å²) in [4.78, 5) is 2.41. The minimum Gasteiger partial charge on any atom is -0.508 e. The van der Waals surface area contributed by atoms with Gasteiger partial charge in [-0.1, -0.05) is 24.3 Å². The number of anilines is 1. The lowest BCUT2D eigenvalue weighted by atomic mass is 10.1. The number of hydrogen-bond acceptors (Lipinski definition) is 2. The summed E-state index contributed by atoms with van der Waals surface area (Å²) in [6, 6.07) is 14.2. The Morgan fingerprint density at radius 2 is 2.00 bits per heavy atom. The zero-order chi connectivity index (χ0) is 12.5. The molecule has 1 aliphatic rings. The van der Waals surface area contributed by atoms with Crippen molar-refractivity contribution in [3.63, 3.8) is 0 Å². The summed E-state index contributed by atoms with van der Waals surface area (Å²) in [5.74, 6) is 0.345. The van der Waals surface area contributed by atoms with Crippen LogP contribution < -0.4 is 4.90 Å². The van der Waals surface area contributed by atoms with Crippen molar-refractivity contribution in [2.45, 2.75) is 19.9 Å². The molecule has 0 aliphatic carbocycles. The summed E-state index contributed by atoms with van der Waals surface area (Å²) in [6.07, 6.45) is 1.13. The largest absolute Gasteiger partial charge is 0.508 e. The summed E-state index contributed by atoms with van der Waals surface area (Å²) >= 11 is 0. The molecule has 0 fully saturated rings. The number of hydrogen-bond donors (Lipinski definition) is 1. The van der Waals surface area contributed by atoms with Gasteiger partial charge in [0.05, 0.1) is 0 Å². The zero-order valence-corrected chi connectivity index (χ0v) is 10.6. The normalized spacial score (nSPS) is 13.7. The second-order valence-electron chi connectivity index (χ2n) is 4.91. The van der Waals surface area contributed by atoms with Crippen LogP contribution in [0.2, 0.25) is 0 Å². The minimum absolute atomic E-state index is 0.345. The van der Waals surface area contributed by atoms with Gasteiger partial charge in [0.15, 0.2) is 0 Å². The van der Waals surface area contributed by atoms with Crippen LogP contribution in [0.25, 0.3) is 0 Å². The van der Waals surface area contributed by atoms with E-state index in [1.807, 2.05) is 12.1 Å². The van der Waals surface area contributed by atoms with E-state index in [0.717, 1.165) is 25.1 Å². The lowest BCUT2D eigenvalue weighted by molar-refractivity contribution is 0.474. The number of aromatic hydroxyl groups is 1. The van der Waals surface area contributed by atoms with Crippen LogP contribution in [0.5, 0.6) is 5.75 Å². The molecule has 3 rings (SSSR count).